The molecular formula is C23H24N2O3. The highest BCUT2D eigenvalue weighted by Crippen LogP contribution is 2.24. The Morgan fingerprint density at radius 2 is 1.79 bits per heavy atom. The summed E-state index contributed by atoms with van der Waals surface area (Å²) in [5.74, 6) is 0.877. The summed E-state index contributed by atoms with van der Waals surface area (Å²) in [4.78, 5) is 12.3. The molecule has 5 nitrogen and oxygen atoms in total. The lowest BCUT2D eigenvalue weighted by molar-refractivity contribution is 0.0952. The van der Waals surface area contributed by atoms with Gasteiger partial charge in [0, 0.05) is 0 Å². The fourth-order valence-corrected chi connectivity index (χ4v) is 2.70. The molecule has 0 saturated carbocycles. The van der Waals surface area contributed by atoms with E-state index in [0.717, 1.165) is 28.5 Å². The van der Waals surface area contributed by atoms with Crippen LogP contribution in [0.4, 0.5) is 0 Å². The van der Waals surface area contributed by atoms with Crippen molar-refractivity contribution in [1.82, 2.24) is 5.43 Å². The molecule has 3 aromatic rings. The van der Waals surface area contributed by atoms with Crippen molar-refractivity contribution in [3.63, 3.8) is 0 Å². The molecule has 0 aromatic heterocycles. The number of nitrogens with one attached hydrogen (secondary N) is 1. The molecule has 0 radical (unpaired) electrons. The van der Waals surface area contributed by atoms with Crippen molar-refractivity contribution < 1.29 is 14.6 Å². The van der Waals surface area contributed by atoms with Crippen LogP contribution in [0.15, 0.2) is 65.8 Å². The first-order valence-electron chi connectivity index (χ1n) is 9.31. The number of hydrogen-bond acceptors (Lipinski definition) is 4. The quantitative estimate of drug-likeness (QED) is 0.462. The lowest BCUT2D eigenvalue weighted by atomic mass is 10.1. The van der Waals surface area contributed by atoms with Crippen molar-refractivity contribution in [3.05, 3.63) is 71.8 Å². The number of fused-ring (bicyclic) bond motifs is 1. The van der Waals surface area contributed by atoms with Gasteiger partial charge in [-0.1, -0.05) is 38.1 Å². The Hall–Kier alpha value is -3.34. The van der Waals surface area contributed by atoms with E-state index in [1.165, 1.54) is 0 Å². The van der Waals surface area contributed by atoms with Gasteiger partial charge < -0.3 is 9.84 Å². The van der Waals surface area contributed by atoms with Gasteiger partial charge in [0.1, 0.15) is 11.5 Å². The molecule has 0 aliphatic heterocycles. The van der Waals surface area contributed by atoms with Crippen LogP contribution in [0, 0.1) is 5.92 Å². The lowest BCUT2D eigenvalue weighted by Crippen LogP contribution is -2.17. The first kappa shape index (κ1) is 19.4. The molecule has 0 aliphatic rings. The maximum absolute atomic E-state index is 12.3. The van der Waals surface area contributed by atoms with Gasteiger partial charge in [-0.25, -0.2) is 5.43 Å². The molecule has 0 spiro atoms. The van der Waals surface area contributed by atoms with Gasteiger partial charge in [-0.2, -0.15) is 5.10 Å². The average molecular weight is 376 g/mol. The van der Waals surface area contributed by atoms with Crippen LogP contribution in [0.25, 0.3) is 10.8 Å². The summed E-state index contributed by atoms with van der Waals surface area (Å²) in [6.07, 6.45) is 2.56. The van der Waals surface area contributed by atoms with Gasteiger partial charge in [0.05, 0.1) is 18.4 Å². The van der Waals surface area contributed by atoms with E-state index in [1.807, 2.05) is 48.5 Å². The minimum Gasteiger partial charge on any atom is -0.507 e. The molecule has 28 heavy (non-hydrogen) atoms. The van der Waals surface area contributed by atoms with E-state index in [-0.39, 0.29) is 11.3 Å². The smallest absolute Gasteiger partial charge is 0.275 e. The van der Waals surface area contributed by atoms with Gasteiger partial charge in [-0.3, -0.25) is 4.79 Å². The van der Waals surface area contributed by atoms with Crippen molar-refractivity contribution >= 4 is 22.9 Å². The van der Waals surface area contributed by atoms with Gasteiger partial charge in [0.2, 0.25) is 0 Å². The third-order valence-electron chi connectivity index (χ3n) is 4.33. The van der Waals surface area contributed by atoms with Gasteiger partial charge >= 0.3 is 0 Å². The number of aromatic hydroxyl groups is 1. The number of phenolic OH excluding ortho intramolecular Hbond substituents is 1. The third-order valence-corrected chi connectivity index (χ3v) is 4.33. The Bertz CT molecular complexity index is 979. The van der Waals surface area contributed by atoms with E-state index in [1.54, 1.807) is 18.3 Å². The van der Waals surface area contributed by atoms with Crippen LogP contribution in [-0.4, -0.2) is 23.8 Å². The minimum atomic E-state index is -0.465. The number of phenols is 1. The Morgan fingerprint density at radius 3 is 2.46 bits per heavy atom. The second kappa shape index (κ2) is 9.04. The van der Waals surface area contributed by atoms with Gasteiger partial charge in [0.25, 0.3) is 5.91 Å². The predicted molar refractivity (Wildman–Crippen MR) is 112 cm³/mol. The van der Waals surface area contributed by atoms with Crippen LogP contribution in [0.3, 0.4) is 0 Å². The van der Waals surface area contributed by atoms with Crippen LogP contribution in [-0.2, 0) is 0 Å². The summed E-state index contributed by atoms with van der Waals surface area (Å²) in [5.41, 5.74) is 3.47. The van der Waals surface area contributed by atoms with Crippen molar-refractivity contribution in [1.29, 1.82) is 0 Å². The fourth-order valence-electron chi connectivity index (χ4n) is 2.70. The highest BCUT2D eigenvalue weighted by atomic mass is 16.5. The predicted octanol–water partition coefficient (Wildman–Crippen LogP) is 4.73. The molecule has 0 aliphatic carbocycles. The zero-order valence-electron chi connectivity index (χ0n) is 16.1. The second-order valence-corrected chi connectivity index (χ2v) is 7.02. The summed E-state index contributed by atoms with van der Waals surface area (Å²) >= 11 is 0. The highest BCUT2D eigenvalue weighted by Gasteiger charge is 2.11. The zero-order chi connectivity index (χ0) is 19.9. The standard InChI is InChI=1S/C23H24N2O3/c1-16(2)11-12-28-20-9-7-17(8-10-20)15-24-25-23(27)21-13-18-5-3-4-6-19(18)14-22(21)26/h3-10,13-16,26H,11-12H2,1-2H3,(H,25,27). The molecule has 0 heterocycles. The van der Waals surface area contributed by atoms with Crippen LogP contribution in [0.5, 0.6) is 11.5 Å². The number of hydrazone groups is 1. The van der Waals surface area contributed by atoms with Crippen LogP contribution < -0.4 is 10.2 Å². The maximum Gasteiger partial charge on any atom is 0.275 e. The molecule has 144 valence electrons. The molecule has 3 aromatic carbocycles. The summed E-state index contributed by atoms with van der Waals surface area (Å²) in [6.45, 7) is 5.01. The Balaban J connectivity index is 1.60. The molecule has 3 rings (SSSR count). The van der Waals surface area contributed by atoms with Crippen molar-refractivity contribution in [2.45, 2.75) is 20.3 Å². The van der Waals surface area contributed by atoms with E-state index in [4.69, 9.17) is 4.74 Å². The zero-order valence-corrected chi connectivity index (χ0v) is 16.1. The van der Waals surface area contributed by atoms with Crippen LogP contribution >= 0.6 is 0 Å². The fraction of sp³-hybridized carbons (Fsp3) is 0.217. The molecule has 0 bridgehead atoms. The topological polar surface area (TPSA) is 70.9 Å². The first-order chi connectivity index (χ1) is 13.5. The molecule has 0 fully saturated rings. The maximum atomic E-state index is 12.3. The van der Waals surface area contributed by atoms with E-state index < -0.39 is 5.91 Å². The minimum absolute atomic E-state index is 0.0747. The molecular weight excluding hydrogens is 352 g/mol. The van der Waals surface area contributed by atoms with Crippen LogP contribution in [0.1, 0.15) is 36.2 Å². The number of carbonyl (C=O) groups is 1. The SMILES string of the molecule is CC(C)CCOc1ccc(C=NNC(=O)c2cc3ccccc3cc2O)cc1. The number of rotatable bonds is 7. The van der Waals surface area contributed by atoms with Crippen LogP contribution in [0.2, 0.25) is 0 Å². The van der Waals surface area contributed by atoms with E-state index in [0.29, 0.717) is 12.5 Å². The number of nitrogens with zero attached hydrogens (tertiary/aromatic N) is 1. The average Bonchev–Trinajstić information content (AvgIpc) is 2.68. The molecule has 0 saturated heterocycles. The van der Waals surface area contributed by atoms with Crippen molar-refractivity contribution in [3.8, 4) is 11.5 Å². The molecule has 2 N–H and O–H groups in total. The third kappa shape index (κ3) is 5.10. The summed E-state index contributed by atoms with van der Waals surface area (Å²) < 4.78 is 5.68. The van der Waals surface area contributed by atoms with E-state index in [9.17, 15) is 9.90 Å². The highest BCUT2D eigenvalue weighted by molar-refractivity contribution is 6.01. The van der Waals surface area contributed by atoms with E-state index >= 15 is 0 Å². The number of carbonyl (C=O) groups excluding carboxylic acids is 1. The first-order valence-corrected chi connectivity index (χ1v) is 9.31. The Morgan fingerprint density at radius 1 is 1.11 bits per heavy atom. The number of ether oxygens (including phenoxy) is 1. The molecule has 5 heteroatoms. The summed E-state index contributed by atoms with van der Waals surface area (Å²) in [7, 11) is 0. The normalized spacial score (nSPS) is 11.2. The summed E-state index contributed by atoms with van der Waals surface area (Å²) in [6, 6.07) is 18.2. The van der Waals surface area contributed by atoms with Gasteiger partial charge in [-0.05, 0) is 65.1 Å². The Kier molecular flexibility index (Phi) is 6.27. The van der Waals surface area contributed by atoms with E-state index in [2.05, 4.69) is 24.4 Å². The molecule has 1 amide bonds. The number of benzene rings is 3. The van der Waals surface area contributed by atoms with Gasteiger partial charge in [-0.15, -0.1) is 0 Å². The van der Waals surface area contributed by atoms with Crippen molar-refractivity contribution in [2.24, 2.45) is 11.0 Å². The molecule has 0 unspecified atom stereocenters. The van der Waals surface area contributed by atoms with Crippen molar-refractivity contribution in [2.75, 3.05) is 6.61 Å². The summed E-state index contributed by atoms with van der Waals surface area (Å²) in [5, 5.41) is 15.8. The molecule has 0 atom stereocenters. The lowest BCUT2D eigenvalue weighted by Gasteiger charge is -2.08. The number of hydrogen-bond donors (Lipinski definition) is 2. The monoisotopic (exact) mass is 376 g/mol. The number of amides is 1. The van der Waals surface area contributed by atoms with Gasteiger partial charge in [0.15, 0.2) is 0 Å². The second-order valence-electron chi connectivity index (χ2n) is 7.02. The Labute approximate surface area is 164 Å². The largest absolute Gasteiger partial charge is 0.507 e.